The van der Waals surface area contributed by atoms with Gasteiger partial charge in [-0.15, -0.1) is 0 Å². The maximum atomic E-state index is 12.7. The Labute approximate surface area is 125 Å². The molecule has 1 aromatic rings. The minimum Gasteiger partial charge on any atom is -0.348 e. The first-order valence-electron chi connectivity index (χ1n) is 8.16. The summed E-state index contributed by atoms with van der Waals surface area (Å²) in [4.78, 5) is 15.2. The number of nitrogens with zero attached hydrogens (tertiary/aromatic N) is 1. The maximum absolute atomic E-state index is 12.7. The van der Waals surface area contributed by atoms with Crippen molar-refractivity contribution in [1.29, 1.82) is 0 Å². The van der Waals surface area contributed by atoms with E-state index in [0.29, 0.717) is 12.0 Å². The molecule has 0 aliphatic carbocycles. The van der Waals surface area contributed by atoms with Crippen LogP contribution < -0.4 is 10.6 Å². The van der Waals surface area contributed by atoms with Crippen LogP contribution in [0.25, 0.3) is 0 Å². The predicted molar refractivity (Wildman–Crippen MR) is 82.3 cm³/mol. The van der Waals surface area contributed by atoms with Crippen LogP contribution in [0.4, 0.5) is 0 Å². The molecule has 112 valence electrons. The van der Waals surface area contributed by atoms with Gasteiger partial charge in [-0.1, -0.05) is 12.1 Å². The van der Waals surface area contributed by atoms with Crippen molar-refractivity contribution in [1.82, 2.24) is 15.5 Å². The van der Waals surface area contributed by atoms with E-state index in [1.807, 2.05) is 12.1 Å². The first-order valence-corrected chi connectivity index (χ1v) is 8.16. The SMILES string of the molecule is O=C(NC1CN2CCC1CC2)c1cccc2c1CCNC2. The average Bonchev–Trinajstić information content (AvgIpc) is 2.55. The summed E-state index contributed by atoms with van der Waals surface area (Å²) in [7, 11) is 0. The topological polar surface area (TPSA) is 44.4 Å². The molecular weight excluding hydrogens is 262 g/mol. The van der Waals surface area contributed by atoms with Crippen LogP contribution in [0.1, 0.15) is 34.3 Å². The van der Waals surface area contributed by atoms with Crippen molar-refractivity contribution < 1.29 is 4.79 Å². The molecule has 1 amide bonds. The maximum Gasteiger partial charge on any atom is 0.251 e. The number of rotatable bonds is 2. The highest BCUT2D eigenvalue weighted by Crippen LogP contribution is 2.28. The minimum absolute atomic E-state index is 0.132. The van der Waals surface area contributed by atoms with Crippen LogP contribution in [0.5, 0.6) is 0 Å². The minimum atomic E-state index is 0.132. The highest BCUT2D eigenvalue weighted by molar-refractivity contribution is 5.96. The second-order valence-corrected chi connectivity index (χ2v) is 6.59. The lowest BCUT2D eigenvalue weighted by molar-refractivity contribution is 0.0620. The molecule has 2 N–H and O–H groups in total. The Bertz CT molecular complexity index is 549. The number of fused-ring (bicyclic) bond motifs is 4. The van der Waals surface area contributed by atoms with Gasteiger partial charge in [-0.25, -0.2) is 0 Å². The Hall–Kier alpha value is -1.39. The number of piperidine rings is 3. The van der Waals surface area contributed by atoms with Gasteiger partial charge >= 0.3 is 0 Å². The van der Waals surface area contributed by atoms with E-state index in [1.165, 1.54) is 37.1 Å². The summed E-state index contributed by atoms with van der Waals surface area (Å²) >= 11 is 0. The molecule has 1 atom stereocenters. The molecule has 21 heavy (non-hydrogen) atoms. The first kappa shape index (κ1) is 13.3. The summed E-state index contributed by atoms with van der Waals surface area (Å²) in [6, 6.07) is 6.47. The second kappa shape index (κ2) is 5.43. The molecule has 2 bridgehead atoms. The van der Waals surface area contributed by atoms with Crippen LogP contribution in [0, 0.1) is 5.92 Å². The Morgan fingerprint density at radius 2 is 2.14 bits per heavy atom. The lowest BCUT2D eigenvalue weighted by atomic mass is 9.83. The van der Waals surface area contributed by atoms with E-state index < -0.39 is 0 Å². The van der Waals surface area contributed by atoms with Crippen molar-refractivity contribution in [3.8, 4) is 0 Å². The van der Waals surface area contributed by atoms with Gasteiger partial charge in [-0.3, -0.25) is 4.79 Å². The predicted octanol–water partition coefficient (Wildman–Crippen LogP) is 1.16. The lowest BCUT2D eigenvalue weighted by Gasteiger charge is -2.45. The van der Waals surface area contributed by atoms with Gasteiger partial charge in [-0.05, 0) is 62.0 Å². The van der Waals surface area contributed by atoms with E-state index in [0.717, 1.165) is 31.6 Å². The molecule has 5 rings (SSSR count). The Kier molecular flexibility index (Phi) is 3.43. The number of hydrogen-bond acceptors (Lipinski definition) is 3. The number of benzene rings is 1. The number of hydrogen-bond donors (Lipinski definition) is 2. The van der Waals surface area contributed by atoms with Crippen LogP contribution in [-0.2, 0) is 13.0 Å². The van der Waals surface area contributed by atoms with Gasteiger partial charge in [0.1, 0.15) is 0 Å². The highest BCUT2D eigenvalue weighted by atomic mass is 16.1. The summed E-state index contributed by atoms with van der Waals surface area (Å²) in [5.41, 5.74) is 3.42. The van der Waals surface area contributed by atoms with Crippen molar-refractivity contribution >= 4 is 5.91 Å². The van der Waals surface area contributed by atoms with Crippen LogP contribution >= 0.6 is 0 Å². The van der Waals surface area contributed by atoms with Gasteiger partial charge in [0.05, 0.1) is 0 Å². The number of nitrogens with one attached hydrogen (secondary N) is 2. The normalized spacial score (nSPS) is 30.8. The highest BCUT2D eigenvalue weighted by Gasteiger charge is 2.35. The molecule has 4 aliphatic rings. The van der Waals surface area contributed by atoms with E-state index in [4.69, 9.17) is 0 Å². The monoisotopic (exact) mass is 285 g/mol. The molecule has 4 heterocycles. The van der Waals surface area contributed by atoms with Crippen molar-refractivity contribution in [2.45, 2.75) is 31.8 Å². The molecule has 4 heteroatoms. The van der Waals surface area contributed by atoms with Gasteiger partial charge in [-0.2, -0.15) is 0 Å². The van der Waals surface area contributed by atoms with E-state index in [9.17, 15) is 4.79 Å². The number of amides is 1. The molecule has 1 unspecified atom stereocenters. The van der Waals surface area contributed by atoms with Crippen LogP contribution in [0.2, 0.25) is 0 Å². The average molecular weight is 285 g/mol. The van der Waals surface area contributed by atoms with Crippen LogP contribution in [0.3, 0.4) is 0 Å². The molecule has 4 nitrogen and oxygen atoms in total. The van der Waals surface area contributed by atoms with E-state index >= 15 is 0 Å². The summed E-state index contributed by atoms with van der Waals surface area (Å²) < 4.78 is 0. The summed E-state index contributed by atoms with van der Waals surface area (Å²) in [6.45, 7) is 5.31. The summed E-state index contributed by atoms with van der Waals surface area (Å²) in [5, 5.41) is 6.69. The molecule has 0 saturated carbocycles. The van der Waals surface area contributed by atoms with Gasteiger partial charge in [0.25, 0.3) is 5.91 Å². The van der Waals surface area contributed by atoms with E-state index in [1.54, 1.807) is 0 Å². The van der Waals surface area contributed by atoms with Crippen molar-refractivity contribution in [2.75, 3.05) is 26.2 Å². The smallest absolute Gasteiger partial charge is 0.251 e. The second-order valence-electron chi connectivity index (χ2n) is 6.59. The summed E-state index contributed by atoms with van der Waals surface area (Å²) in [6.07, 6.45) is 3.43. The van der Waals surface area contributed by atoms with Crippen molar-refractivity contribution in [2.24, 2.45) is 5.92 Å². The molecule has 4 aliphatic heterocycles. The number of carbonyl (C=O) groups excluding carboxylic acids is 1. The molecular formula is C17H23N3O. The number of carbonyl (C=O) groups is 1. The van der Waals surface area contributed by atoms with Crippen LogP contribution in [-0.4, -0.2) is 43.0 Å². The molecule has 3 saturated heterocycles. The third-order valence-electron chi connectivity index (χ3n) is 5.36. The van der Waals surface area contributed by atoms with Crippen molar-refractivity contribution in [3.05, 3.63) is 34.9 Å². The van der Waals surface area contributed by atoms with Gasteiger partial charge in [0.15, 0.2) is 0 Å². The molecule has 3 fully saturated rings. The Morgan fingerprint density at radius 1 is 1.29 bits per heavy atom. The fraction of sp³-hybridized carbons (Fsp3) is 0.588. The fourth-order valence-electron chi connectivity index (χ4n) is 4.12. The van der Waals surface area contributed by atoms with Gasteiger partial charge in [0, 0.05) is 24.7 Å². The Morgan fingerprint density at radius 3 is 2.90 bits per heavy atom. The van der Waals surface area contributed by atoms with E-state index in [-0.39, 0.29) is 5.91 Å². The van der Waals surface area contributed by atoms with Crippen molar-refractivity contribution in [3.63, 3.8) is 0 Å². The third-order valence-corrected chi connectivity index (χ3v) is 5.36. The molecule has 1 aromatic carbocycles. The first-order chi connectivity index (χ1) is 10.3. The van der Waals surface area contributed by atoms with Gasteiger partial charge < -0.3 is 15.5 Å². The molecule has 0 radical (unpaired) electrons. The quantitative estimate of drug-likeness (QED) is 0.857. The zero-order chi connectivity index (χ0) is 14.2. The standard InChI is InChI=1S/C17H23N3O/c21-17(19-16-11-20-8-5-12(16)6-9-20)15-3-1-2-13-10-18-7-4-14(13)15/h1-3,12,16,18H,4-11H2,(H,19,21). The zero-order valence-electron chi connectivity index (χ0n) is 12.4. The Balaban J connectivity index is 1.53. The van der Waals surface area contributed by atoms with E-state index in [2.05, 4.69) is 21.6 Å². The zero-order valence-corrected chi connectivity index (χ0v) is 12.4. The fourth-order valence-corrected chi connectivity index (χ4v) is 4.12. The summed E-state index contributed by atoms with van der Waals surface area (Å²) in [5.74, 6) is 0.813. The van der Waals surface area contributed by atoms with Gasteiger partial charge in [0.2, 0.25) is 0 Å². The largest absolute Gasteiger partial charge is 0.348 e. The molecule has 0 spiro atoms. The lowest BCUT2D eigenvalue weighted by Crippen LogP contribution is -2.57. The van der Waals surface area contributed by atoms with Crippen LogP contribution in [0.15, 0.2) is 18.2 Å². The molecule has 0 aromatic heterocycles. The third kappa shape index (κ3) is 2.47.